The molecule has 6 aromatic rings. The Kier molecular flexibility index (Phi) is 6.19. The smallest absolute Gasteiger partial charge is 0.259 e. The fourth-order valence-electron chi connectivity index (χ4n) is 5.41. The molecule has 1 aliphatic heterocycles. The monoisotopic (exact) mass is 569 g/mol. The Morgan fingerprint density at radius 3 is 2.67 bits per heavy atom. The second kappa shape index (κ2) is 10.2. The molecule has 0 fully saturated rings. The number of nitrogens with one attached hydrogen (secondary N) is 3. The third-order valence-electron chi connectivity index (χ3n) is 7.70. The number of aryl methyl sites for hydroxylation is 3. The van der Waals surface area contributed by atoms with Gasteiger partial charge in [-0.1, -0.05) is 18.2 Å². The average Bonchev–Trinajstić information content (AvgIpc) is 3.69. The van der Waals surface area contributed by atoms with E-state index in [-0.39, 0.29) is 11.8 Å². The number of carbonyl (C=O) groups is 2. The van der Waals surface area contributed by atoms with E-state index in [2.05, 4.69) is 30.7 Å². The number of anilines is 4. The van der Waals surface area contributed by atoms with Crippen LogP contribution in [0.3, 0.4) is 0 Å². The summed E-state index contributed by atoms with van der Waals surface area (Å²) >= 11 is 0. The van der Waals surface area contributed by atoms with Crippen LogP contribution in [0, 0.1) is 13.8 Å². The number of benzene rings is 2. The van der Waals surface area contributed by atoms with Crippen molar-refractivity contribution in [3.63, 3.8) is 0 Å². The lowest BCUT2D eigenvalue weighted by Gasteiger charge is -2.17. The molecule has 43 heavy (non-hydrogen) atoms. The standard InChI is InChI=1S/C32H27N9O2/c1-18-14-35-32(37-27-13-19(2)40(3)39-27)38-28(18)23-16-34-29-21(23)8-5-11-26(29)41-17-24-22(31(41)43)9-4-10-25(24)36-30(42)20-7-6-12-33-15-20/h4-16,34H,17H2,1-3H3,(H,36,42)(H,35,37,38,39). The maximum Gasteiger partial charge on any atom is 0.259 e. The number of hydrogen-bond acceptors (Lipinski definition) is 7. The lowest BCUT2D eigenvalue weighted by Crippen LogP contribution is -2.23. The second-order valence-electron chi connectivity index (χ2n) is 10.5. The molecule has 5 heterocycles. The molecule has 0 unspecified atom stereocenters. The van der Waals surface area contributed by atoms with Crippen LogP contribution in [0.25, 0.3) is 22.2 Å². The number of H-pyrrole nitrogens is 1. The SMILES string of the molecule is Cc1cnc(Nc2cc(C)n(C)n2)nc1-c1c[nH]c2c(N3Cc4c(NC(=O)c5cccnc5)cccc4C3=O)cccc12. The minimum atomic E-state index is -0.282. The molecule has 0 aliphatic carbocycles. The largest absolute Gasteiger partial charge is 0.359 e. The van der Waals surface area contributed by atoms with Crippen LogP contribution in [-0.2, 0) is 13.6 Å². The average molecular weight is 570 g/mol. The van der Waals surface area contributed by atoms with Gasteiger partial charge in [0.15, 0.2) is 5.82 Å². The Bertz CT molecular complexity index is 2030. The van der Waals surface area contributed by atoms with E-state index in [0.29, 0.717) is 35.1 Å². The van der Waals surface area contributed by atoms with E-state index >= 15 is 0 Å². The van der Waals surface area contributed by atoms with Gasteiger partial charge in [-0.3, -0.25) is 19.3 Å². The molecule has 2 amide bonds. The molecule has 11 heteroatoms. The lowest BCUT2D eigenvalue weighted by molar-refractivity contribution is 0.0994. The van der Waals surface area contributed by atoms with Gasteiger partial charge in [0.2, 0.25) is 5.95 Å². The molecule has 0 saturated carbocycles. The highest BCUT2D eigenvalue weighted by molar-refractivity contribution is 6.16. The fourth-order valence-corrected chi connectivity index (χ4v) is 5.41. The summed E-state index contributed by atoms with van der Waals surface area (Å²) in [5, 5.41) is 11.5. The van der Waals surface area contributed by atoms with Gasteiger partial charge in [-0.25, -0.2) is 9.97 Å². The van der Waals surface area contributed by atoms with Gasteiger partial charge in [-0.2, -0.15) is 5.10 Å². The van der Waals surface area contributed by atoms with Crippen molar-refractivity contribution in [3.8, 4) is 11.3 Å². The predicted molar refractivity (Wildman–Crippen MR) is 164 cm³/mol. The molecule has 0 atom stereocenters. The number of nitrogens with zero attached hydrogens (tertiary/aromatic N) is 6. The van der Waals surface area contributed by atoms with Gasteiger partial charge < -0.3 is 20.5 Å². The van der Waals surface area contributed by atoms with Crippen LogP contribution in [-0.4, -0.2) is 41.5 Å². The van der Waals surface area contributed by atoms with E-state index in [0.717, 1.165) is 44.7 Å². The minimum Gasteiger partial charge on any atom is -0.359 e. The van der Waals surface area contributed by atoms with Crippen molar-refractivity contribution in [1.82, 2.24) is 29.7 Å². The topological polar surface area (TPSA) is 134 Å². The number of para-hydroxylation sites is 1. The Morgan fingerprint density at radius 1 is 1.02 bits per heavy atom. The van der Waals surface area contributed by atoms with Gasteiger partial charge in [-0.15, -0.1) is 0 Å². The number of fused-ring (bicyclic) bond motifs is 2. The first-order valence-corrected chi connectivity index (χ1v) is 13.7. The lowest BCUT2D eigenvalue weighted by atomic mass is 10.1. The first-order valence-electron chi connectivity index (χ1n) is 13.7. The first-order chi connectivity index (χ1) is 20.9. The summed E-state index contributed by atoms with van der Waals surface area (Å²) in [6.07, 6.45) is 6.82. The van der Waals surface area contributed by atoms with E-state index < -0.39 is 0 Å². The summed E-state index contributed by atoms with van der Waals surface area (Å²) < 4.78 is 1.79. The van der Waals surface area contributed by atoms with E-state index in [1.54, 1.807) is 46.2 Å². The van der Waals surface area contributed by atoms with Gasteiger partial charge >= 0.3 is 0 Å². The van der Waals surface area contributed by atoms with Crippen LogP contribution in [0.5, 0.6) is 0 Å². The number of carbonyl (C=O) groups excluding carboxylic acids is 2. The maximum atomic E-state index is 13.7. The van der Waals surface area contributed by atoms with Crippen LogP contribution in [0.15, 0.2) is 79.4 Å². The normalized spacial score (nSPS) is 12.5. The van der Waals surface area contributed by atoms with Crippen molar-refractivity contribution in [3.05, 3.63) is 107 Å². The summed E-state index contributed by atoms with van der Waals surface area (Å²) in [6, 6.07) is 16.6. The number of hydrogen-bond donors (Lipinski definition) is 3. The second-order valence-corrected chi connectivity index (χ2v) is 10.5. The van der Waals surface area contributed by atoms with Crippen LogP contribution in [0.1, 0.15) is 37.5 Å². The zero-order chi connectivity index (χ0) is 29.7. The van der Waals surface area contributed by atoms with Crippen molar-refractivity contribution in [2.45, 2.75) is 20.4 Å². The third kappa shape index (κ3) is 4.56. The van der Waals surface area contributed by atoms with Gasteiger partial charge in [0.25, 0.3) is 11.8 Å². The van der Waals surface area contributed by atoms with E-state index in [9.17, 15) is 9.59 Å². The van der Waals surface area contributed by atoms with Gasteiger partial charge in [0, 0.05) is 71.4 Å². The Hall–Kier alpha value is -5.84. The number of amides is 2. The Morgan fingerprint density at radius 2 is 1.88 bits per heavy atom. The third-order valence-corrected chi connectivity index (χ3v) is 7.70. The van der Waals surface area contributed by atoms with Crippen LogP contribution in [0.4, 0.5) is 23.1 Å². The molecule has 4 aromatic heterocycles. The van der Waals surface area contributed by atoms with Crippen molar-refractivity contribution in [1.29, 1.82) is 0 Å². The first kappa shape index (κ1) is 26.1. The number of rotatable bonds is 6. The van der Waals surface area contributed by atoms with Crippen molar-refractivity contribution in [2.24, 2.45) is 7.05 Å². The molecule has 3 N–H and O–H groups in total. The summed E-state index contributed by atoms with van der Waals surface area (Å²) in [6.45, 7) is 4.26. The molecule has 2 aromatic carbocycles. The van der Waals surface area contributed by atoms with Crippen molar-refractivity contribution < 1.29 is 9.59 Å². The molecule has 0 bridgehead atoms. The van der Waals surface area contributed by atoms with Gasteiger partial charge in [0.1, 0.15) is 0 Å². The highest BCUT2D eigenvalue weighted by Gasteiger charge is 2.32. The molecule has 0 spiro atoms. The van der Waals surface area contributed by atoms with Crippen LogP contribution >= 0.6 is 0 Å². The minimum absolute atomic E-state index is 0.133. The molecule has 1 aliphatic rings. The number of pyridine rings is 1. The summed E-state index contributed by atoms with van der Waals surface area (Å²) in [7, 11) is 1.88. The molecule has 212 valence electrons. The number of aromatic nitrogens is 6. The van der Waals surface area contributed by atoms with Crippen LogP contribution in [0.2, 0.25) is 0 Å². The molecule has 0 saturated heterocycles. The highest BCUT2D eigenvalue weighted by atomic mass is 16.2. The zero-order valence-corrected chi connectivity index (χ0v) is 23.7. The molecular weight excluding hydrogens is 542 g/mol. The Labute approximate surface area is 246 Å². The zero-order valence-electron chi connectivity index (χ0n) is 23.7. The molecule has 7 rings (SSSR count). The molecule has 0 radical (unpaired) electrons. The summed E-state index contributed by atoms with van der Waals surface area (Å²) in [5.41, 5.74) is 7.50. The summed E-state index contributed by atoms with van der Waals surface area (Å²) in [5.74, 6) is 0.691. The quantitative estimate of drug-likeness (QED) is 0.240. The highest BCUT2D eigenvalue weighted by Crippen LogP contribution is 2.39. The Balaban J connectivity index is 1.21. The van der Waals surface area contributed by atoms with Gasteiger partial charge in [0.05, 0.1) is 29.0 Å². The van der Waals surface area contributed by atoms with Crippen molar-refractivity contribution >= 4 is 45.9 Å². The predicted octanol–water partition coefficient (Wildman–Crippen LogP) is 5.53. The van der Waals surface area contributed by atoms with E-state index in [4.69, 9.17) is 4.98 Å². The fraction of sp³-hybridized carbons (Fsp3) is 0.125. The summed E-state index contributed by atoms with van der Waals surface area (Å²) in [4.78, 5) is 45.0. The number of aromatic amines is 1. The maximum absolute atomic E-state index is 13.7. The van der Waals surface area contributed by atoms with E-state index in [1.807, 2.05) is 57.4 Å². The van der Waals surface area contributed by atoms with Gasteiger partial charge in [-0.05, 0) is 49.7 Å². The molecule has 11 nitrogen and oxygen atoms in total. The molecular formula is C32H27N9O2. The van der Waals surface area contributed by atoms with Crippen molar-refractivity contribution in [2.75, 3.05) is 15.5 Å². The van der Waals surface area contributed by atoms with E-state index in [1.165, 1.54) is 6.20 Å². The van der Waals surface area contributed by atoms with Crippen LogP contribution < -0.4 is 15.5 Å².